The maximum atomic E-state index is 11.1. The van der Waals surface area contributed by atoms with Crippen molar-refractivity contribution >= 4 is 22.2 Å². The van der Waals surface area contributed by atoms with Crippen molar-refractivity contribution in [2.24, 2.45) is 5.14 Å². The fraction of sp³-hybridized carbons (Fsp3) is 0.111. The first-order valence-corrected chi connectivity index (χ1v) is 6.62. The SMILES string of the molecule is Cc1n[nH]c(=S)n1-c1ccc(S(N)(=O)=O)cc1. The molecule has 0 saturated carbocycles. The molecule has 2 rings (SSSR count). The van der Waals surface area contributed by atoms with Gasteiger partial charge in [-0.2, -0.15) is 5.10 Å². The Labute approximate surface area is 103 Å². The lowest BCUT2D eigenvalue weighted by molar-refractivity contribution is 0.598. The second kappa shape index (κ2) is 4.06. The normalized spacial score (nSPS) is 11.6. The molecular weight excluding hydrogens is 260 g/mol. The van der Waals surface area contributed by atoms with Crippen LogP contribution in [0.25, 0.3) is 5.69 Å². The summed E-state index contributed by atoms with van der Waals surface area (Å²) >= 11 is 5.06. The molecule has 6 nitrogen and oxygen atoms in total. The zero-order chi connectivity index (χ0) is 12.6. The highest BCUT2D eigenvalue weighted by molar-refractivity contribution is 7.89. The minimum Gasteiger partial charge on any atom is -0.272 e. The molecule has 17 heavy (non-hydrogen) atoms. The zero-order valence-electron chi connectivity index (χ0n) is 8.91. The highest BCUT2D eigenvalue weighted by Gasteiger charge is 2.08. The minimum absolute atomic E-state index is 0.0638. The van der Waals surface area contributed by atoms with E-state index in [2.05, 4.69) is 10.2 Å². The van der Waals surface area contributed by atoms with Crippen LogP contribution in [0.15, 0.2) is 29.2 Å². The quantitative estimate of drug-likeness (QED) is 0.792. The summed E-state index contributed by atoms with van der Waals surface area (Å²) in [6, 6.07) is 6.11. The van der Waals surface area contributed by atoms with E-state index in [1.54, 1.807) is 23.6 Å². The molecule has 90 valence electrons. The molecule has 0 aliphatic carbocycles. The maximum Gasteiger partial charge on any atom is 0.238 e. The van der Waals surface area contributed by atoms with Gasteiger partial charge < -0.3 is 0 Å². The molecule has 3 N–H and O–H groups in total. The Balaban J connectivity index is 2.54. The summed E-state index contributed by atoms with van der Waals surface area (Å²) in [4.78, 5) is 0.0638. The van der Waals surface area contributed by atoms with Crippen LogP contribution in [0.3, 0.4) is 0 Å². The first-order chi connectivity index (χ1) is 7.89. The highest BCUT2D eigenvalue weighted by atomic mass is 32.2. The highest BCUT2D eigenvalue weighted by Crippen LogP contribution is 2.14. The minimum atomic E-state index is -3.67. The van der Waals surface area contributed by atoms with Gasteiger partial charge in [0, 0.05) is 5.69 Å². The second-order valence-corrected chi connectivity index (χ2v) is 5.40. The molecule has 0 aliphatic heterocycles. The number of hydrogen-bond acceptors (Lipinski definition) is 4. The monoisotopic (exact) mass is 270 g/mol. The van der Waals surface area contributed by atoms with Gasteiger partial charge in [-0.3, -0.25) is 9.67 Å². The van der Waals surface area contributed by atoms with Gasteiger partial charge in [-0.25, -0.2) is 13.6 Å². The third kappa shape index (κ3) is 2.28. The number of benzene rings is 1. The molecular formula is C9H10N4O2S2. The lowest BCUT2D eigenvalue weighted by Crippen LogP contribution is -2.12. The van der Waals surface area contributed by atoms with Gasteiger partial charge in [0.1, 0.15) is 5.82 Å². The number of H-pyrrole nitrogens is 1. The van der Waals surface area contributed by atoms with Gasteiger partial charge in [-0.05, 0) is 43.4 Å². The Morgan fingerprint density at radius 1 is 1.35 bits per heavy atom. The number of primary sulfonamides is 1. The Bertz CT molecular complexity index is 697. The third-order valence-corrected chi connectivity index (χ3v) is 3.47. The molecule has 2 aromatic rings. The topological polar surface area (TPSA) is 93.8 Å². The summed E-state index contributed by atoms with van der Waals surface area (Å²) in [5.74, 6) is 0.693. The van der Waals surface area contributed by atoms with Crippen LogP contribution in [0, 0.1) is 11.7 Å². The lowest BCUT2D eigenvalue weighted by Gasteiger charge is -2.04. The van der Waals surface area contributed by atoms with Crippen molar-refractivity contribution in [3.63, 3.8) is 0 Å². The summed E-state index contributed by atoms with van der Waals surface area (Å²) in [6.45, 7) is 1.79. The van der Waals surface area contributed by atoms with Gasteiger partial charge in [-0.15, -0.1) is 0 Å². The Kier molecular flexibility index (Phi) is 2.86. The summed E-state index contributed by atoms with van der Waals surface area (Å²) in [7, 11) is -3.67. The fourth-order valence-electron chi connectivity index (χ4n) is 1.46. The van der Waals surface area contributed by atoms with Crippen LogP contribution in [0.2, 0.25) is 0 Å². The van der Waals surface area contributed by atoms with Crippen LogP contribution in [0.4, 0.5) is 0 Å². The second-order valence-electron chi connectivity index (χ2n) is 3.45. The number of aryl methyl sites for hydroxylation is 1. The van der Waals surface area contributed by atoms with Gasteiger partial charge >= 0.3 is 0 Å². The molecule has 0 radical (unpaired) electrons. The maximum absolute atomic E-state index is 11.1. The van der Waals surface area contributed by atoms with E-state index in [1.807, 2.05) is 0 Å². The standard InChI is InChI=1S/C9H10N4O2S2/c1-6-11-12-9(16)13(6)7-2-4-8(5-3-7)17(10,14)15/h2-5H,1H3,(H,12,16)(H2,10,14,15). The first kappa shape index (κ1) is 12.0. The molecule has 0 fully saturated rings. The van der Waals surface area contributed by atoms with Crippen molar-refractivity contribution < 1.29 is 8.42 Å². The average Bonchev–Trinajstić information content (AvgIpc) is 2.58. The number of sulfonamides is 1. The van der Waals surface area contributed by atoms with Crippen molar-refractivity contribution in [3.05, 3.63) is 34.9 Å². The molecule has 1 heterocycles. The Morgan fingerprint density at radius 3 is 2.35 bits per heavy atom. The average molecular weight is 270 g/mol. The lowest BCUT2D eigenvalue weighted by atomic mass is 10.3. The van der Waals surface area contributed by atoms with E-state index in [-0.39, 0.29) is 4.90 Å². The molecule has 1 aromatic heterocycles. The van der Waals surface area contributed by atoms with Crippen molar-refractivity contribution in [2.45, 2.75) is 11.8 Å². The van der Waals surface area contributed by atoms with Gasteiger partial charge in [0.25, 0.3) is 0 Å². The molecule has 8 heteroatoms. The molecule has 0 aliphatic rings. The zero-order valence-corrected chi connectivity index (χ0v) is 10.5. The molecule has 0 saturated heterocycles. The number of hydrogen-bond donors (Lipinski definition) is 2. The predicted molar refractivity (Wildman–Crippen MR) is 64.9 cm³/mol. The number of nitrogens with two attached hydrogens (primary N) is 1. The van der Waals surface area contributed by atoms with Gasteiger partial charge in [0.15, 0.2) is 4.77 Å². The van der Waals surface area contributed by atoms with E-state index in [0.29, 0.717) is 10.6 Å². The van der Waals surface area contributed by atoms with E-state index in [9.17, 15) is 8.42 Å². The van der Waals surface area contributed by atoms with Crippen LogP contribution in [-0.2, 0) is 10.0 Å². The van der Waals surface area contributed by atoms with E-state index in [0.717, 1.165) is 5.69 Å². The summed E-state index contributed by atoms with van der Waals surface area (Å²) in [5.41, 5.74) is 0.730. The number of nitrogens with one attached hydrogen (secondary N) is 1. The summed E-state index contributed by atoms with van der Waals surface area (Å²) < 4.78 is 24.3. The number of aromatic amines is 1. The predicted octanol–water partition coefficient (Wildman–Crippen LogP) is 0.886. The number of aromatic nitrogens is 3. The van der Waals surface area contributed by atoms with Gasteiger partial charge in [0.05, 0.1) is 4.90 Å². The van der Waals surface area contributed by atoms with Crippen molar-refractivity contribution in [1.29, 1.82) is 0 Å². The first-order valence-electron chi connectivity index (χ1n) is 4.67. The Hall–Kier alpha value is -1.51. The molecule has 0 spiro atoms. The van der Waals surface area contributed by atoms with Crippen LogP contribution < -0.4 is 5.14 Å². The van der Waals surface area contributed by atoms with Crippen molar-refractivity contribution in [1.82, 2.24) is 14.8 Å². The van der Waals surface area contributed by atoms with E-state index >= 15 is 0 Å². The molecule has 0 amide bonds. The molecule has 0 unspecified atom stereocenters. The summed E-state index contributed by atoms with van der Waals surface area (Å²) in [6.07, 6.45) is 0. The number of rotatable bonds is 2. The van der Waals surface area contributed by atoms with Crippen LogP contribution in [0.5, 0.6) is 0 Å². The summed E-state index contributed by atoms with van der Waals surface area (Å²) in [5, 5.41) is 11.6. The van der Waals surface area contributed by atoms with Gasteiger partial charge in [-0.1, -0.05) is 0 Å². The smallest absolute Gasteiger partial charge is 0.238 e. The fourth-order valence-corrected chi connectivity index (χ4v) is 2.26. The van der Waals surface area contributed by atoms with Crippen LogP contribution >= 0.6 is 12.2 Å². The third-order valence-electron chi connectivity index (χ3n) is 2.26. The Morgan fingerprint density at radius 2 is 1.94 bits per heavy atom. The van der Waals surface area contributed by atoms with Gasteiger partial charge in [0.2, 0.25) is 10.0 Å². The van der Waals surface area contributed by atoms with Crippen LogP contribution in [0.1, 0.15) is 5.82 Å². The van der Waals surface area contributed by atoms with Crippen molar-refractivity contribution in [2.75, 3.05) is 0 Å². The van der Waals surface area contributed by atoms with Crippen molar-refractivity contribution in [3.8, 4) is 5.69 Å². The van der Waals surface area contributed by atoms with E-state index < -0.39 is 10.0 Å². The molecule has 1 aromatic carbocycles. The van der Waals surface area contributed by atoms with Crippen LogP contribution in [-0.4, -0.2) is 23.2 Å². The number of nitrogens with zero attached hydrogens (tertiary/aromatic N) is 2. The molecule has 0 atom stereocenters. The van der Waals surface area contributed by atoms with E-state index in [4.69, 9.17) is 17.4 Å². The molecule has 0 bridgehead atoms. The van der Waals surface area contributed by atoms with E-state index in [1.165, 1.54) is 12.1 Å². The largest absolute Gasteiger partial charge is 0.272 e.